The molecule has 47 heavy (non-hydrogen) atoms. The number of halogens is 3. The van der Waals surface area contributed by atoms with Crippen molar-refractivity contribution >= 4 is 24.0 Å². The van der Waals surface area contributed by atoms with Gasteiger partial charge < -0.3 is 30.4 Å². The average Bonchev–Trinajstić information content (AvgIpc) is 3.60. The van der Waals surface area contributed by atoms with Gasteiger partial charge in [-0.3, -0.25) is 14.3 Å². The van der Waals surface area contributed by atoms with Crippen molar-refractivity contribution in [3.8, 4) is 33.8 Å². The lowest BCUT2D eigenvalue weighted by atomic mass is 9.81. The second-order valence-corrected chi connectivity index (χ2v) is 12.3. The van der Waals surface area contributed by atoms with E-state index in [4.69, 9.17) is 41.4 Å². The topological polar surface area (TPSA) is 138 Å². The van der Waals surface area contributed by atoms with Crippen molar-refractivity contribution in [2.45, 2.75) is 37.6 Å². The fourth-order valence-electron chi connectivity index (χ4n) is 6.73. The van der Waals surface area contributed by atoms with Gasteiger partial charge >= 0.3 is 0 Å². The van der Waals surface area contributed by atoms with Crippen molar-refractivity contribution in [3.63, 3.8) is 0 Å². The highest BCUT2D eigenvalue weighted by Crippen LogP contribution is 2.52. The Bertz CT molecular complexity index is 1850. The zero-order valence-corrected chi connectivity index (χ0v) is 26.4. The monoisotopic (exact) mass is 666 g/mol. The Labute approximate surface area is 274 Å². The predicted molar refractivity (Wildman–Crippen MR) is 169 cm³/mol. The number of nitrogens with one attached hydrogen (secondary N) is 1. The van der Waals surface area contributed by atoms with Gasteiger partial charge in [-0.2, -0.15) is 5.10 Å². The molecule has 1 fully saturated rings. The van der Waals surface area contributed by atoms with Crippen LogP contribution in [-0.4, -0.2) is 53.6 Å². The lowest BCUT2D eigenvalue weighted by Crippen LogP contribution is -2.45. The molecule has 1 aromatic heterocycles. The summed E-state index contributed by atoms with van der Waals surface area (Å²) >= 11 is 6.64. The molecule has 1 atom stereocenters. The second-order valence-electron chi connectivity index (χ2n) is 11.9. The van der Waals surface area contributed by atoms with Crippen LogP contribution in [0.25, 0.3) is 22.3 Å². The molecule has 246 valence electrons. The summed E-state index contributed by atoms with van der Waals surface area (Å²) < 4.78 is 51.6. The fraction of sp³-hybridized carbons (Fsp3) is 0.324. The van der Waals surface area contributed by atoms with Crippen molar-refractivity contribution in [3.05, 3.63) is 87.7 Å². The molecule has 3 aliphatic rings. The number of carbonyl (C=O) groups excluding carboxylic acids is 1. The second kappa shape index (κ2) is 12.9. The number of rotatable bonds is 8. The van der Waals surface area contributed by atoms with E-state index in [0.29, 0.717) is 34.8 Å². The maximum absolute atomic E-state index is 16.7. The number of amides is 1. The molecule has 4 N–H and O–H groups in total. The molecule has 2 aliphatic heterocycles. The highest BCUT2D eigenvalue weighted by Gasteiger charge is 2.45. The number of primary amides is 1. The number of carboxylic acid groups (broad SMARTS) is 1. The van der Waals surface area contributed by atoms with E-state index in [1.165, 1.54) is 12.1 Å². The molecule has 4 aromatic rings. The number of nitrogens with zero attached hydrogens (tertiary/aromatic N) is 2. The normalized spacial score (nSPS) is 20.4. The molecular weight excluding hydrogens is 634 g/mol. The summed E-state index contributed by atoms with van der Waals surface area (Å²) in [6, 6.07) is 12.3. The standard InChI is InChI=1S/C33H31ClF2N4O4.CH2O2/c1-40-14-23-20-10-21(32(37)41)28(30(36)31(20)43-15-25(23)39-40)27-22-12-33(18-6-4-3-5-7-18,44-26(22)11-24(35)29(27)34)16-38-13-17-8-19(9-17)42-2;2-1-3/h3-7,10-11,14,17,19,38H,8-9,12-13,15-16H2,1-2H3,(H2,37,41);1H,(H,2,3)/t17?,19?,33-;/m1./s1. The molecule has 7 rings (SSSR count). The van der Waals surface area contributed by atoms with Crippen LogP contribution in [0.5, 0.6) is 11.5 Å². The van der Waals surface area contributed by atoms with Gasteiger partial charge in [0.15, 0.2) is 17.2 Å². The Morgan fingerprint density at radius 3 is 2.64 bits per heavy atom. The number of carbonyl (C=O) groups is 2. The van der Waals surface area contributed by atoms with Gasteiger partial charge in [0.1, 0.15) is 23.9 Å². The number of methoxy groups -OCH3 is 1. The van der Waals surface area contributed by atoms with Gasteiger partial charge in [-0.05, 0) is 36.9 Å². The van der Waals surface area contributed by atoms with Crippen LogP contribution >= 0.6 is 11.6 Å². The Morgan fingerprint density at radius 1 is 1.23 bits per heavy atom. The van der Waals surface area contributed by atoms with E-state index >= 15 is 8.78 Å². The minimum atomic E-state index is -0.946. The number of aromatic nitrogens is 2. The van der Waals surface area contributed by atoms with E-state index in [1.807, 2.05) is 30.3 Å². The molecule has 13 heteroatoms. The molecular formula is C34H33ClF2N4O6. The lowest BCUT2D eigenvalue weighted by molar-refractivity contribution is -0.122. The number of fused-ring (bicyclic) bond motifs is 4. The SMILES string of the molecule is COC1CC(CNC[C@@]2(c3ccccc3)Cc3c(cc(F)c(Cl)c3-c3c(C(N)=O)cc4c(c3F)OCc3nn(C)cc3-4)O2)C1.O=CO. The van der Waals surface area contributed by atoms with Crippen molar-refractivity contribution in [1.29, 1.82) is 0 Å². The van der Waals surface area contributed by atoms with Gasteiger partial charge in [-0.25, -0.2) is 8.78 Å². The van der Waals surface area contributed by atoms with E-state index in [2.05, 4.69) is 10.4 Å². The number of nitrogens with two attached hydrogens (primary N) is 1. The number of hydrogen-bond donors (Lipinski definition) is 3. The molecule has 1 amide bonds. The van der Waals surface area contributed by atoms with Crippen LogP contribution in [0, 0.1) is 17.6 Å². The lowest BCUT2D eigenvalue weighted by Gasteiger charge is -2.36. The van der Waals surface area contributed by atoms with Gasteiger partial charge in [-0.15, -0.1) is 0 Å². The van der Waals surface area contributed by atoms with E-state index in [1.54, 1.807) is 25.0 Å². The molecule has 1 saturated carbocycles. The Balaban J connectivity index is 0.00000124. The minimum Gasteiger partial charge on any atom is -0.483 e. The third-order valence-electron chi connectivity index (χ3n) is 9.01. The average molecular weight is 667 g/mol. The van der Waals surface area contributed by atoms with Crippen LogP contribution in [0.1, 0.15) is 40.0 Å². The summed E-state index contributed by atoms with van der Waals surface area (Å²) in [5.41, 5.74) is 7.45. The summed E-state index contributed by atoms with van der Waals surface area (Å²) in [7, 11) is 3.46. The molecule has 10 nitrogen and oxygen atoms in total. The van der Waals surface area contributed by atoms with Crippen LogP contribution in [0.4, 0.5) is 8.78 Å². The van der Waals surface area contributed by atoms with E-state index in [9.17, 15) is 4.79 Å². The van der Waals surface area contributed by atoms with Crippen LogP contribution < -0.4 is 20.5 Å². The Morgan fingerprint density at radius 2 is 1.96 bits per heavy atom. The number of aryl methyl sites for hydroxylation is 1. The largest absolute Gasteiger partial charge is 0.483 e. The number of benzene rings is 3. The number of hydrogen-bond acceptors (Lipinski definition) is 7. The summed E-state index contributed by atoms with van der Waals surface area (Å²) in [6.45, 7) is 0.943. The summed E-state index contributed by atoms with van der Waals surface area (Å²) in [5.74, 6) is -1.93. The van der Waals surface area contributed by atoms with Crippen molar-refractivity contribution < 1.29 is 37.7 Å². The van der Waals surface area contributed by atoms with Crippen LogP contribution in [-0.2, 0) is 35.2 Å². The molecule has 3 heterocycles. The summed E-state index contributed by atoms with van der Waals surface area (Å²) in [5, 5.41) is 14.5. The zero-order chi connectivity index (χ0) is 33.5. The van der Waals surface area contributed by atoms with Gasteiger partial charge in [0.2, 0.25) is 5.91 Å². The van der Waals surface area contributed by atoms with Crippen molar-refractivity contribution in [2.24, 2.45) is 18.7 Å². The molecule has 0 radical (unpaired) electrons. The highest BCUT2D eigenvalue weighted by molar-refractivity contribution is 6.34. The van der Waals surface area contributed by atoms with E-state index in [-0.39, 0.29) is 58.8 Å². The first-order valence-corrected chi connectivity index (χ1v) is 15.4. The maximum atomic E-state index is 16.7. The quantitative estimate of drug-likeness (QED) is 0.218. The van der Waals surface area contributed by atoms with Gasteiger partial charge in [0.05, 0.1) is 16.7 Å². The Hall–Kier alpha value is -4.52. The molecule has 0 spiro atoms. The third-order valence-corrected chi connectivity index (χ3v) is 9.38. The third kappa shape index (κ3) is 5.81. The predicted octanol–water partition coefficient (Wildman–Crippen LogP) is 5.22. The summed E-state index contributed by atoms with van der Waals surface area (Å²) in [6.07, 6.45) is 4.20. The first-order valence-electron chi connectivity index (χ1n) is 15.0. The molecule has 0 unspecified atom stereocenters. The molecule has 0 bridgehead atoms. The summed E-state index contributed by atoms with van der Waals surface area (Å²) in [4.78, 5) is 21.2. The Kier molecular flexibility index (Phi) is 8.93. The van der Waals surface area contributed by atoms with Crippen LogP contribution in [0.2, 0.25) is 5.02 Å². The van der Waals surface area contributed by atoms with Crippen LogP contribution in [0.3, 0.4) is 0 Å². The number of ether oxygens (including phenoxy) is 3. The maximum Gasteiger partial charge on any atom is 0.290 e. The smallest absolute Gasteiger partial charge is 0.290 e. The molecule has 1 aliphatic carbocycles. The minimum absolute atomic E-state index is 0.0242. The zero-order valence-electron chi connectivity index (χ0n) is 25.7. The van der Waals surface area contributed by atoms with Gasteiger partial charge in [-0.1, -0.05) is 41.9 Å². The highest BCUT2D eigenvalue weighted by atomic mass is 35.5. The van der Waals surface area contributed by atoms with Gasteiger partial charge in [0, 0.05) is 67.2 Å². The van der Waals surface area contributed by atoms with E-state index < -0.39 is 23.1 Å². The first kappa shape index (κ1) is 32.4. The van der Waals surface area contributed by atoms with Crippen molar-refractivity contribution in [2.75, 3.05) is 20.2 Å². The van der Waals surface area contributed by atoms with Crippen molar-refractivity contribution in [1.82, 2.24) is 15.1 Å². The fourth-order valence-corrected chi connectivity index (χ4v) is 7.00. The van der Waals surface area contributed by atoms with Gasteiger partial charge in [0.25, 0.3) is 6.47 Å². The van der Waals surface area contributed by atoms with Crippen LogP contribution in [0.15, 0.2) is 48.7 Å². The first-order chi connectivity index (χ1) is 22.6. The van der Waals surface area contributed by atoms with E-state index in [0.717, 1.165) is 24.9 Å². The molecule has 0 saturated heterocycles. The molecule has 3 aromatic carbocycles.